The molecule has 0 N–H and O–H groups in total. The van der Waals surface area contributed by atoms with Gasteiger partial charge in [-0.15, -0.1) is 0 Å². The van der Waals surface area contributed by atoms with Gasteiger partial charge in [-0.2, -0.15) is 5.10 Å². The van der Waals surface area contributed by atoms with Gasteiger partial charge in [0, 0.05) is 37.9 Å². The van der Waals surface area contributed by atoms with Crippen LogP contribution in [0, 0.1) is 5.92 Å². The molecule has 6 nitrogen and oxygen atoms in total. The fourth-order valence-corrected chi connectivity index (χ4v) is 5.09. The van der Waals surface area contributed by atoms with Crippen molar-refractivity contribution in [3.8, 4) is 0 Å². The molecule has 0 spiro atoms. The van der Waals surface area contributed by atoms with Gasteiger partial charge in [0.25, 0.3) is 0 Å². The van der Waals surface area contributed by atoms with Crippen LogP contribution in [0.3, 0.4) is 0 Å². The van der Waals surface area contributed by atoms with E-state index in [0.29, 0.717) is 11.9 Å². The van der Waals surface area contributed by atoms with E-state index in [1.165, 1.54) is 35.5 Å². The molecule has 26 heavy (non-hydrogen) atoms. The highest BCUT2D eigenvalue weighted by molar-refractivity contribution is 5.79. The van der Waals surface area contributed by atoms with Crippen LogP contribution < -0.4 is 0 Å². The fourth-order valence-electron chi connectivity index (χ4n) is 5.09. The number of aromatic nitrogens is 4. The summed E-state index contributed by atoms with van der Waals surface area (Å²) >= 11 is 0. The number of hydrogen-bond acceptors (Lipinski definition) is 3. The first-order chi connectivity index (χ1) is 12.7. The Bertz CT molecular complexity index is 835. The Morgan fingerprint density at radius 2 is 2.04 bits per heavy atom. The van der Waals surface area contributed by atoms with Crippen LogP contribution in [0.1, 0.15) is 54.4 Å². The standard InChI is InChI=1S/C20H27N5O/c1-23-11-15-10-14(6-7-17(15)22-23)20(26)24-9-8-16(12-24)25-13-21-18-4-2-3-5-19(18)25/h11,13-14,16H,2-10,12H2,1H3. The normalized spacial score (nSPS) is 25.2. The van der Waals surface area contributed by atoms with Gasteiger partial charge in [0.2, 0.25) is 5.91 Å². The van der Waals surface area contributed by atoms with Gasteiger partial charge in [0.1, 0.15) is 0 Å². The highest BCUT2D eigenvalue weighted by Gasteiger charge is 2.35. The summed E-state index contributed by atoms with van der Waals surface area (Å²) in [7, 11) is 1.96. The maximum atomic E-state index is 13.1. The molecule has 1 fully saturated rings. The van der Waals surface area contributed by atoms with Crippen LogP contribution in [-0.2, 0) is 37.5 Å². The molecule has 1 amide bonds. The van der Waals surface area contributed by atoms with E-state index in [2.05, 4.69) is 25.7 Å². The van der Waals surface area contributed by atoms with Crippen molar-refractivity contribution in [3.05, 3.63) is 35.2 Å². The van der Waals surface area contributed by atoms with Crippen LogP contribution in [0.2, 0.25) is 0 Å². The summed E-state index contributed by atoms with van der Waals surface area (Å²) in [4.78, 5) is 19.8. The topological polar surface area (TPSA) is 56.0 Å². The number of aryl methyl sites for hydroxylation is 3. The Labute approximate surface area is 154 Å². The summed E-state index contributed by atoms with van der Waals surface area (Å²) in [5.74, 6) is 0.470. The zero-order chi connectivity index (χ0) is 17.7. The quantitative estimate of drug-likeness (QED) is 0.831. The maximum Gasteiger partial charge on any atom is 0.226 e. The first-order valence-corrected chi connectivity index (χ1v) is 10.0. The number of nitrogens with zero attached hydrogens (tertiary/aromatic N) is 5. The second-order valence-corrected chi connectivity index (χ2v) is 8.19. The average Bonchev–Trinajstić information content (AvgIpc) is 3.36. The SMILES string of the molecule is Cn1cc2c(n1)CCC(C(=O)N1CCC(n3cnc4c3CCCC4)C1)C2. The van der Waals surface area contributed by atoms with Gasteiger partial charge in [-0.1, -0.05) is 0 Å². The fraction of sp³-hybridized carbons (Fsp3) is 0.650. The minimum atomic E-state index is 0.127. The molecule has 6 heteroatoms. The van der Waals surface area contributed by atoms with Gasteiger partial charge < -0.3 is 9.47 Å². The molecule has 0 radical (unpaired) electrons. The van der Waals surface area contributed by atoms with E-state index < -0.39 is 0 Å². The summed E-state index contributed by atoms with van der Waals surface area (Å²) in [6.07, 6.45) is 12.7. The largest absolute Gasteiger partial charge is 0.340 e. The van der Waals surface area contributed by atoms with Crippen molar-refractivity contribution in [2.24, 2.45) is 13.0 Å². The molecule has 1 aliphatic heterocycles. The lowest BCUT2D eigenvalue weighted by Gasteiger charge is -2.26. The van der Waals surface area contributed by atoms with E-state index in [1.807, 2.05) is 18.1 Å². The zero-order valence-corrected chi connectivity index (χ0v) is 15.5. The lowest BCUT2D eigenvalue weighted by molar-refractivity contribution is -0.134. The van der Waals surface area contributed by atoms with Crippen LogP contribution in [-0.4, -0.2) is 43.2 Å². The second-order valence-electron chi connectivity index (χ2n) is 8.19. The molecule has 1 saturated heterocycles. The van der Waals surface area contributed by atoms with E-state index in [1.54, 1.807) is 0 Å². The van der Waals surface area contributed by atoms with E-state index in [4.69, 9.17) is 0 Å². The zero-order valence-electron chi connectivity index (χ0n) is 15.5. The number of amides is 1. The lowest BCUT2D eigenvalue weighted by atomic mass is 9.87. The third-order valence-electron chi connectivity index (χ3n) is 6.47. The molecule has 2 aliphatic carbocycles. The van der Waals surface area contributed by atoms with Crippen molar-refractivity contribution in [3.63, 3.8) is 0 Å². The number of carbonyl (C=O) groups is 1. The van der Waals surface area contributed by atoms with Crippen LogP contribution in [0.5, 0.6) is 0 Å². The number of rotatable bonds is 2. The highest BCUT2D eigenvalue weighted by atomic mass is 16.2. The van der Waals surface area contributed by atoms with Crippen molar-refractivity contribution in [2.45, 2.75) is 57.4 Å². The molecule has 0 saturated carbocycles. The smallest absolute Gasteiger partial charge is 0.226 e. The van der Waals surface area contributed by atoms with Crippen molar-refractivity contribution < 1.29 is 4.79 Å². The van der Waals surface area contributed by atoms with Crippen LogP contribution >= 0.6 is 0 Å². The molecule has 5 rings (SSSR count). The molecule has 0 bridgehead atoms. The predicted octanol–water partition coefficient (Wildman–Crippen LogP) is 2.07. The molecule has 3 heterocycles. The number of likely N-dealkylation sites (tertiary alicyclic amines) is 1. The Hall–Kier alpha value is -2.11. The van der Waals surface area contributed by atoms with E-state index >= 15 is 0 Å². The third-order valence-corrected chi connectivity index (χ3v) is 6.47. The predicted molar refractivity (Wildman–Crippen MR) is 97.8 cm³/mol. The third kappa shape index (κ3) is 2.66. The first kappa shape index (κ1) is 16.1. The summed E-state index contributed by atoms with van der Waals surface area (Å²) in [6, 6.07) is 0.408. The molecule has 0 aromatic carbocycles. The van der Waals surface area contributed by atoms with E-state index in [-0.39, 0.29) is 5.92 Å². The monoisotopic (exact) mass is 353 g/mol. The second kappa shape index (κ2) is 6.25. The van der Waals surface area contributed by atoms with Gasteiger partial charge in [0.15, 0.2) is 0 Å². The molecule has 3 aliphatic rings. The van der Waals surface area contributed by atoms with Gasteiger partial charge in [-0.25, -0.2) is 4.98 Å². The lowest BCUT2D eigenvalue weighted by Crippen LogP contribution is -2.37. The summed E-state index contributed by atoms with van der Waals surface area (Å²) in [5, 5.41) is 4.51. The number of carbonyl (C=O) groups excluding carboxylic acids is 1. The minimum absolute atomic E-state index is 0.127. The van der Waals surface area contributed by atoms with Gasteiger partial charge >= 0.3 is 0 Å². The molecule has 2 unspecified atom stereocenters. The van der Waals surface area contributed by atoms with Gasteiger partial charge in [-0.3, -0.25) is 9.48 Å². The van der Waals surface area contributed by atoms with Crippen LogP contribution in [0.25, 0.3) is 0 Å². The van der Waals surface area contributed by atoms with Crippen LogP contribution in [0.15, 0.2) is 12.5 Å². The Balaban J connectivity index is 1.27. The Kier molecular flexibility index (Phi) is 3.87. The average molecular weight is 353 g/mol. The number of fused-ring (bicyclic) bond motifs is 2. The van der Waals surface area contributed by atoms with Gasteiger partial charge in [0.05, 0.1) is 23.8 Å². The molecule has 138 valence electrons. The van der Waals surface area contributed by atoms with E-state index in [0.717, 1.165) is 51.6 Å². The van der Waals surface area contributed by atoms with Crippen LogP contribution in [0.4, 0.5) is 0 Å². The molecule has 2 aromatic rings. The minimum Gasteiger partial charge on any atom is -0.340 e. The summed E-state index contributed by atoms with van der Waals surface area (Å²) in [6.45, 7) is 1.73. The first-order valence-electron chi connectivity index (χ1n) is 10.0. The van der Waals surface area contributed by atoms with Crippen molar-refractivity contribution >= 4 is 5.91 Å². The van der Waals surface area contributed by atoms with Gasteiger partial charge in [-0.05, 0) is 56.9 Å². The molecular weight excluding hydrogens is 326 g/mol. The summed E-state index contributed by atoms with van der Waals surface area (Å²) < 4.78 is 4.26. The number of hydrogen-bond donors (Lipinski definition) is 0. The maximum absolute atomic E-state index is 13.1. The Morgan fingerprint density at radius 1 is 1.15 bits per heavy atom. The molecule has 2 atom stereocenters. The molecular formula is C20H27N5O. The Morgan fingerprint density at radius 3 is 2.96 bits per heavy atom. The van der Waals surface area contributed by atoms with Crippen molar-refractivity contribution in [2.75, 3.05) is 13.1 Å². The van der Waals surface area contributed by atoms with Crippen molar-refractivity contribution in [1.29, 1.82) is 0 Å². The van der Waals surface area contributed by atoms with Crippen molar-refractivity contribution in [1.82, 2.24) is 24.2 Å². The van der Waals surface area contributed by atoms with E-state index in [9.17, 15) is 4.79 Å². The number of imidazole rings is 1. The summed E-state index contributed by atoms with van der Waals surface area (Å²) in [5.41, 5.74) is 5.16. The highest BCUT2D eigenvalue weighted by Crippen LogP contribution is 2.31. The molecule has 2 aromatic heterocycles.